The van der Waals surface area contributed by atoms with Gasteiger partial charge in [0.2, 0.25) is 6.29 Å². The van der Waals surface area contributed by atoms with Crippen molar-refractivity contribution in [2.75, 3.05) is 38.3 Å². The van der Waals surface area contributed by atoms with Gasteiger partial charge in [-0.3, -0.25) is 9.59 Å². The first-order valence-electron chi connectivity index (χ1n) is 13.2. The van der Waals surface area contributed by atoms with Gasteiger partial charge in [0.15, 0.2) is 0 Å². The molecule has 0 saturated carbocycles. The van der Waals surface area contributed by atoms with Crippen molar-refractivity contribution in [1.82, 2.24) is 9.80 Å². The number of halogens is 4. The van der Waals surface area contributed by atoms with E-state index in [0.717, 1.165) is 54.8 Å². The molecule has 222 valence electrons. The number of rotatable bonds is 4. The Labute approximate surface area is 249 Å². The monoisotopic (exact) mass is 676 g/mol. The third-order valence-electron chi connectivity index (χ3n) is 6.37. The summed E-state index contributed by atoms with van der Waals surface area (Å²) in [5.41, 5.74) is 3.62. The minimum atomic E-state index is -4.64. The Kier molecular flexibility index (Phi) is 15.5. The van der Waals surface area contributed by atoms with E-state index in [1.165, 1.54) is 4.90 Å². The van der Waals surface area contributed by atoms with E-state index >= 15 is 0 Å². The van der Waals surface area contributed by atoms with Crippen molar-refractivity contribution in [2.45, 2.75) is 51.8 Å². The molecule has 1 spiro atoms. The van der Waals surface area contributed by atoms with Crippen LogP contribution in [-0.2, 0) is 4.79 Å². The number of carbonyl (C=O) groups is 2. The molecule has 10 heteroatoms. The number of hydrogen-bond acceptors (Lipinski definition) is 5. The van der Waals surface area contributed by atoms with Crippen LogP contribution in [0.5, 0.6) is 5.75 Å². The topological polar surface area (TPSA) is 70.1 Å². The molecule has 0 radical (unpaired) electrons. The normalized spacial score (nSPS) is 18.0. The first-order chi connectivity index (χ1) is 19.1. The third-order valence-corrected chi connectivity index (χ3v) is 6.37. The van der Waals surface area contributed by atoms with Gasteiger partial charge in [0.1, 0.15) is 18.1 Å². The molecule has 0 aliphatic carbocycles. The average molecular weight is 677 g/mol. The Hall–Kier alpha value is -2.44. The number of aliphatic hydroxyl groups excluding tert-OH is 1. The zero-order valence-corrected chi connectivity index (χ0v) is 26.0. The van der Waals surface area contributed by atoms with Crippen LogP contribution in [0.2, 0.25) is 0 Å². The lowest BCUT2D eigenvalue weighted by Crippen LogP contribution is -2.37. The number of fused-ring (bicyclic) bond motifs is 1. The molecule has 40 heavy (non-hydrogen) atoms. The van der Waals surface area contributed by atoms with Crippen molar-refractivity contribution in [3.8, 4) is 5.75 Å². The third kappa shape index (κ3) is 10.2. The van der Waals surface area contributed by atoms with Crippen LogP contribution < -0.4 is 4.74 Å². The molecule has 6 nitrogen and oxygen atoms in total. The number of benzene rings is 2. The average Bonchev–Trinajstić information content (AvgIpc) is 3.16. The summed E-state index contributed by atoms with van der Waals surface area (Å²) in [6.45, 7) is 8.16. The van der Waals surface area contributed by atoms with Gasteiger partial charge in [-0.15, -0.1) is 0 Å². The van der Waals surface area contributed by atoms with Crippen LogP contribution in [0.1, 0.15) is 61.5 Å². The molecule has 1 saturated heterocycles. The molecule has 0 aromatic heterocycles. The highest BCUT2D eigenvalue weighted by atomic mass is 127. The first kappa shape index (κ1) is 35.6. The predicted molar refractivity (Wildman–Crippen MR) is 162 cm³/mol. The number of aldehydes is 1. The van der Waals surface area contributed by atoms with Crippen molar-refractivity contribution >= 4 is 40.4 Å². The summed E-state index contributed by atoms with van der Waals surface area (Å²) in [6.07, 6.45) is -0.345. The molecule has 1 N–H and O–H groups in total. The van der Waals surface area contributed by atoms with Gasteiger partial charge in [-0.25, -0.2) is 0 Å². The summed E-state index contributed by atoms with van der Waals surface area (Å²) in [7, 11) is 2.17. The minimum Gasteiger partial charge on any atom is -0.482 e. The van der Waals surface area contributed by atoms with Gasteiger partial charge in [0, 0.05) is 30.6 Å². The molecule has 1 fully saturated rings. The Morgan fingerprint density at radius 3 is 2.25 bits per heavy atom. The highest BCUT2D eigenvalue weighted by Crippen LogP contribution is 2.43. The van der Waals surface area contributed by atoms with E-state index in [1.54, 1.807) is 0 Å². The van der Waals surface area contributed by atoms with Crippen LogP contribution in [0, 0.1) is 0 Å². The van der Waals surface area contributed by atoms with Gasteiger partial charge in [-0.2, -0.15) is 13.2 Å². The van der Waals surface area contributed by atoms with Crippen LogP contribution in [0.4, 0.5) is 13.2 Å². The molecule has 2 aliphatic rings. The van der Waals surface area contributed by atoms with E-state index in [0.29, 0.717) is 12.1 Å². The van der Waals surface area contributed by atoms with E-state index in [-0.39, 0.29) is 18.2 Å². The molecular weight excluding hydrogens is 636 g/mol. The van der Waals surface area contributed by atoms with E-state index in [9.17, 15) is 23.1 Å². The zero-order valence-electron chi connectivity index (χ0n) is 23.8. The summed E-state index contributed by atoms with van der Waals surface area (Å²) in [6, 6.07) is 15.9. The SMILES string of the molecule is CC.CCN(CO)C(=O)c1ccc(C2=CC3(CCCN(C)CC3)Oc3ccccc32)cc1.CI.O=CC(F)(F)F. The molecular formula is C30H40F3IN2O4. The van der Waals surface area contributed by atoms with E-state index in [2.05, 4.69) is 52.7 Å². The van der Waals surface area contributed by atoms with Gasteiger partial charge in [-0.1, -0.05) is 66.8 Å². The second-order valence-corrected chi connectivity index (χ2v) is 8.92. The standard InChI is InChI=1S/C25H30N2O3.C2HF3O.C2H6.CH3I/c1-3-27(18-28)24(29)20-11-9-19(10-12-20)22-17-25(13-6-15-26(2)16-14-25)30-23-8-5-4-7-21(22)23;3-2(4,5)1-6;2*1-2/h4-5,7-12,17,28H,3,6,13-16,18H2,1-2H3;1H;1-2H3;1H3. The predicted octanol–water partition coefficient (Wildman–Crippen LogP) is 6.60. The molecule has 1 atom stereocenters. The van der Waals surface area contributed by atoms with Crippen LogP contribution in [0.25, 0.3) is 5.57 Å². The van der Waals surface area contributed by atoms with Gasteiger partial charge >= 0.3 is 6.18 Å². The van der Waals surface area contributed by atoms with E-state index in [1.807, 2.05) is 62.1 Å². The molecule has 2 aromatic rings. The fraction of sp³-hybridized carbons (Fsp3) is 0.467. The Bertz CT molecular complexity index is 1090. The Morgan fingerprint density at radius 2 is 1.70 bits per heavy atom. The van der Waals surface area contributed by atoms with Crippen LogP contribution in [0.15, 0.2) is 54.6 Å². The van der Waals surface area contributed by atoms with Crippen molar-refractivity contribution in [1.29, 1.82) is 0 Å². The van der Waals surface area contributed by atoms with Crippen molar-refractivity contribution < 1.29 is 32.6 Å². The highest BCUT2D eigenvalue weighted by molar-refractivity contribution is 14.1. The second-order valence-electron chi connectivity index (χ2n) is 8.92. The number of likely N-dealkylation sites (tertiary alicyclic amines) is 1. The number of amides is 1. The number of aliphatic hydroxyl groups is 1. The summed E-state index contributed by atoms with van der Waals surface area (Å²) in [5.74, 6) is 0.772. The van der Waals surface area contributed by atoms with Crippen molar-refractivity contribution in [3.63, 3.8) is 0 Å². The summed E-state index contributed by atoms with van der Waals surface area (Å²) >= 11 is 2.15. The minimum absolute atomic E-state index is 0.156. The largest absolute Gasteiger partial charge is 0.482 e. The molecule has 1 amide bonds. The van der Waals surface area contributed by atoms with Crippen molar-refractivity contribution in [2.24, 2.45) is 0 Å². The van der Waals surface area contributed by atoms with E-state index in [4.69, 9.17) is 9.53 Å². The zero-order chi connectivity index (χ0) is 30.3. The first-order valence-corrected chi connectivity index (χ1v) is 15.4. The lowest BCUT2D eigenvalue weighted by Gasteiger charge is -2.36. The Morgan fingerprint density at radius 1 is 1.10 bits per heavy atom. The highest BCUT2D eigenvalue weighted by Gasteiger charge is 2.37. The number of nitrogens with zero attached hydrogens (tertiary/aromatic N) is 2. The fourth-order valence-electron chi connectivity index (χ4n) is 4.40. The lowest BCUT2D eigenvalue weighted by molar-refractivity contribution is -0.156. The van der Waals surface area contributed by atoms with Gasteiger partial charge in [0.05, 0.1) is 0 Å². The maximum atomic E-state index is 12.5. The van der Waals surface area contributed by atoms with Crippen LogP contribution >= 0.6 is 22.6 Å². The van der Waals surface area contributed by atoms with Crippen LogP contribution in [0.3, 0.4) is 0 Å². The number of ether oxygens (including phenoxy) is 1. The van der Waals surface area contributed by atoms with Gasteiger partial charge < -0.3 is 19.6 Å². The Balaban J connectivity index is 0.000000700. The quantitative estimate of drug-likeness (QED) is 0.171. The molecule has 2 aromatic carbocycles. The fourth-order valence-corrected chi connectivity index (χ4v) is 4.40. The maximum absolute atomic E-state index is 12.5. The summed E-state index contributed by atoms with van der Waals surface area (Å²) in [5, 5.41) is 9.39. The maximum Gasteiger partial charge on any atom is 0.446 e. The smallest absolute Gasteiger partial charge is 0.446 e. The molecule has 2 aliphatic heterocycles. The van der Waals surface area contributed by atoms with E-state index < -0.39 is 12.5 Å². The molecule has 4 rings (SSSR count). The van der Waals surface area contributed by atoms with Gasteiger partial charge in [0.25, 0.3) is 5.91 Å². The number of carbonyl (C=O) groups excluding carboxylic acids is 2. The number of hydrogen-bond donors (Lipinski definition) is 1. The van der Waals surface area contributed by atoms with Crippen LogP contribution in [-0.4, -0.2) is 77.2 Å². The number of para-hydroxylation sites is 1. The summed E-state index contributed by atoms with van der Waals surface area (Å²) in [4.78, 5) is 27.0. The second kappa shape index (κ2) is 17.4. The van der Waals surface area contributed by atoms with Crippen molar-refractivity contribution in [3.05, 3.63) is 71.3 Å². The lowest BCUT2D eigenvalue weighted by atomic mass is 9.84. The molecule has 1 unspecified atom stereocenters. The summed E-state index contributed by atoms with van der Waals surface area (Å²) < 4.78 is 37.8. The molecule has 0 bridgehead atoms. The number of alkyl halides is 4. The molecule has 2 heterocycles. The van der Waals surface area contributed by atoms with Gasteiger partial charge in [-0.05, 0) is 73.7 Å².